The average Bonchev–Trinajstić information content (AvgIpc) is 2.26. The Labute approximate surface area is 90.7 Å². The number of carbonyl (C=O) groups excluding carboxylic acids is 1. The van der Waals surface area contributed by atoms with Gasteiger partial charge in [0.25, 0.3) is 0 Å². The van der Waals surface area contributed by atoms with Crippen molar-refractivity contribution in [1.29, 1.82) is 0 Å². The van der Waals surface area contributed by atoms with Gasteiger partial charge in [0.2, 0.25) is 0 Å². The van der Waals surface area contributed by atoms with Crippen molar-refractivity contribution in [1.82, 2.24) is 4.90 Å². The number of likely N-dealkylation sites (N-methyl/N-ethyl adjacent to an activating group) is 1. The van der Waals surface area contributed by atoms with Crippen LogP contribution in [0.25, 0.3) is 0 Å². The molecular weight excluding hydrogens is 190 g/mol. The van der Waals surface area contributed by atoms with Gasteiger partial charge in [0.05, 0.1) is 0 Å². The molecule has 1 aromatic rings. The van der Waals surface area contributed by atoms with Crippen molar-refractivity contribution in [3.05, 3.63) is 43.0 Å². The van der Waals surface area contributed by atoms with Gasteiger partial charge in [0.1, 0.15) is 13.2 Å². The molecule has 1 atom stereocenters. The quantitative estimate of drug-likeness (QED) is 0.699. The summed E-state index contributed by atoms with van der Waals surface area (Å²) < 4.78 is 4.52. The third-order valence-electron chi connectivity index (χ3n) is 2.31. The lowest BCUT2D eigenvalue weighted by molar-refractivity contribution is -0.143. The number of hydrogen-bond donors (Lipinski definition) is 0. The second-order valence-electron chi connectivity index (χ2n) is 3.63. The highest BCUT2D eigenvalue weighted by Gasteiger charge is 2.21. The van der Waals surface area contributed by atoms with E-state index in [1.165, 1.54) is 0 Å². The maximum atomic E-state index is 11.4. The molecule has 0 aliphatic rings. The average molecular weight is 206 g/mol. The molecule has 15 heavy (non-hydrogen) atoms. The van der Waals surface area contributed by atoms with Crippen LogP contribution >= 0.6 is 0 Å². The molecule has 0 fully saturated rings. The summed E-state index contributed by atoms with van der Waals surface area (Å²) >= 11 is 0. The fourth-order valence-corrected chi connectivity index (χ4v) is 1.41. The van der Waals surface area contributed by atoms with Crippen LogP contribution in [0.5, 0.6) is 0 Å². The molecule has 0 spiro atoms. The SMILES string of the molecule is [CH2]OC(=O)[C@H](Cc1ccccc1)N(C)C. The first-order chi connectivity index (χ1) is 7.15. The van der Waals surface area contributed by atoms with E-state index in [0.717, 1.165) is 5.56 Å². The third-order valence-corrected chi connectivity index (χ3v) is 2.31. The first-order valence-corrected chi connectivity index (χ1v) is 4.81. The molecule has 1 rings (SSSR count). The monoisotopic (exact) mass is 206 g/mol. The van der Waals surface area contributed by atoms with Crippen molar-refractivity contribution in [2.45, 2.75) is 12.5 Å². The molecule has 0 aliphatic carbocycles. The minimum absolute atomic E-state index is 0.273. The van der Waals surface area contributed by atoms with Gasteiger partial charge in [-0.15, -0.1) is 0 Å². The molecule has 0 amide bonds. The second kappa shape index (κ2) is 5.51. The Hall–Kier alpha value is -1.35. The standard InChI is InChI=1S/C12H16NO2/c1-13(2)11(12(14)15-3)9-10-7-5-4-6-8-10/h4-8,11H,3,9H2,1-2H3/t11-/m0/s1. The zero-order valence-corrected chi connectivity index (χ0v) is 9.14. The number of nitrogens with zero attached hydrogens (tertiary/aromatic N) is 1. The number of ether oxygens (including phenoxy) is 1. The van der Waals surface area contributed by atoms with Crippen LogP contribution in [0, 0.1) is 7.11 Å². The van der Waals surface area contributed by atoms with Crippen molar-refractivity contribution in [3.63, 3.8) is 0 Å². The Bertz CT molecular complexity index is 309. The lowest BCUT2D eigenvalue weighted by atomic mass is 10.1. The van der Waals surface area contributed by atoms with Crippen molar-refractivity contribution in [2.24, 2.45) is 0 Å². The molecule has 0 saturated carbocycles. The Balaban J connectivity index is 2.72. The molecule has 0 aromatic heterocycles. The molecule has 3 nitrogen and oxygen atoms in total. The highest BCUT2D eigenvalue weighted by Crippen LogP contribution is 2.07. The number of hydrogen-bond acceptors (Lipinski definition) is 3. The Morgan fingerprint density at radius 2 is 2.00 bits per heavy atom. The van der Waals surface area contributed by atoms with E-state index in [0.29, 0.717) is 6.42 Å². The van der Waals surface area contributed by atoms with Crippen LogP contribution in [0.4, 0.5) is 0 Å². The number of carbonyl (C=O) groups is 1. The van der Waals surface area contributed by atoms with E-state index >= 15 is 0 Å². The fourth-order valence-electron chi connectivity index (χ4n) is 1.41. The van der Waals surface area contributed by atoms with E-state index in [2.05, 4.69) is 11.8 Å². The van der Waals surface area contributed by atoms with Crippen molar-refractivity contribution in [3.8, 4) is 0 Å². The lowest BCUT2D eigenvalue weighted by Gasteiger charge is -2.21. The predicted molar refractivity (Wildman–Crippen MR) is 59.1 cm³/mol. The van der Waals surface area contributed by atoms with Gasteiger partial charge in [-0.2, -0.15) is 0 Å². The number of esters is 1. The molecular formula is C12H16NO2. The van der Waals surface area contributed by atoms with Crippen LogP contribution in [0.2, 0.25) is 0 Å². The maximum Gasteiger partial charge on any atom is 0.323 e. The van der Waals surface area contributed by atoms with E-state index in [1.54, 1.807) is 0 Å². The van der Waals surface area contributed by atoms with Gasteiger partial charge in [-0.05, 0) is 26.1 Å². The summed E-state index contributed by atoms with van der Waals surface area (Å²) in [6.07, 6.45) is 0.641. The van der Waals surface area contributed by atoms with Gasteiger partial charge in [0.15, 0.2) is 0 Å². The van der Waals surface area contributed by atoms with Crippen LogP contribution in [0.1, 0.15) is 5.56 Å². The Kier molecular flexibility index (Phi) is 4.31. The molecule has 0 saturated heterocycles. The van der Waals surface area contributed by atoms with Gasteiger partial charge >= 0.3 is 5.97 Å². The maximum absolute atomic E-state index is 11.4. The van der Waals surface area contributed by atoms with E-state index in [-0.39, 0.29) is 12.0 Å². The summed E-state index contributed by atoms with van der Waals surface area (Å²) in [6.45, 7) is 0. The molecule has 0 N–H and O–H groups in total. The summed E-state index contributed by atoms with van der Waals surface area (Å²) in [4.78, 5) is 13.3. The largest absolute Gasteiger partial charge is 0.461 e. The summed E-state index contributed by atoms with van der Waals surface area (Å²) in [5, 5.41) is 0. The van der Waals surface area contributed by atoms with E-state index in [9.17, 15) is 4.79 Å². The Morgan fingerprint density at radius 3 is 2.47 bits per heavy atom. The molecule has 1 aromatic carbocycles. The third kappa shape index (κ3) is 3.36. The van der Waals surface area contributed by atoms with Gasteiger partial charge in [-0.1, -0.05) is 30.3 Å². The first kappa shape index (κ1) is 11.7. The fraction of sp³-hybridized carbons (Fsp3) is 0.333. The molecule has 0 unspecified atom stereocenters. The second-order valence-corrected chi connectivity index (χ2v) is 3.63. The van der Waals surface area contributed by atoms with Crippen molar-refractivity contribution >= 4 is 5.97 Å². The molecule has 1 radical (unpaired) electrons. The lowest BCUT2D eigenvalue weighted by Crippen LogP contribution is -2.38. The molecule has 81 valence electrons. The zero-order chi connectivity index (χ0) is 11.3. The predicted octanol–water partition coefficient (Wildman–Crippen LogP) is 1.49. The van der Waals surface area contributed by atoms with Gasteiger partial charge < -0.3 is 4.74 Å². The summed E-state index contributed by atoms with van der Waals surface area (Å²) in [5.41, 5.74) is 1.11. The summed E-state index contributed by atoms with van der Waals surface area (Å²) in [6, 6.07) is 9.58. The van der Waals surface area contributed by atoms with Gasteiger partial charge in [-0.25, -0.2) is 0 Å². The zero-order valence-electron chi connectivity index (χ0n) is 9.14. The minimum Gasteiger partial charge on any atom is -0.461 e. The molecule has 0 heterocycles. The van der Waals surface area contributed by atoms with E-state index in [1.807, 2.05) is 49.3 Å². The molecule has 3 heteroatoms. The van der Waals surface area contributed by atoms with Gasteiger partial charge in [0, 0.05) is 0 Å². The van der Waals surface area contributed by atoms with Crippen LogP contribution < -0.4 is 0 Å². The van der Waals surface area contributed by atoms with E-state index < -0.39 is 0 Å². The summed E-state index contributed by atoms with van der Waals surface area (Å²) in [5.74, 6) is -0.302. The summed E-state index contributed by atoms with van der Waals surface area (Å²) in [7, 11) is 6.86. The molecule has 0 bridgehead atoms. The van der Waals surface area contributed by atoms with Crippen LogP contribution in [0.15, 0.2) is 30.3 Å². The first-order valence-electron chi connectivity index (χ1n) is 4.81. The highest BCUT2D eigenvalue weighted by molar-refractivity contribution is 5.76. The van der Waals surface area contributed by atoms with E-state index in [4.69, 9.17) is 0 Å². The Morgan fingerprint density at radius 1 is 1.40 bits per heavy atom. The van der Waals surface area contributed by atoms with Crippen molar-refractivity contribution in [2.75, 3.05) is 14.1 Å². The smallest absolute Gasteiger partial charge is 0.323 e. The van der Waals surface area contributed by atoms with Crippen LogP contribution in [-0.4, -0.2) is 31.0 Å². The number of benzene rings is 1. The minimum atomic E-state index is -0.302. The van der Waals surface area contributed by atoms with Gasteiger partial charge in [-0.3, -0.25) is 9.69 Å². The topological polar surface area (TPSA) is 29.5 Å². The normalized spacial score (nSPS) is 12.5. The van der Waals surface area contributed by atoms with Crippen LogP contribution in [-0.2, 0) is 16.0 Å². The highest BCUT2D eigenvalue weighted by atomic mass is 16.5. The molecule has 0 aliphatic heterocycles. The van der Waals surface area contributed by atoms with Crippen LogP contribution in [0.3, 0.4) is 0 Å². The number of rotatable bonds is 4. The van der Waals surface area contributed by atoms with Crippen molar-refractivity contribution < 1.29 is 9.53 Å².